The number of amides is 1. The van der Waals surface area contributed by atoms with Crippen LogP contribution in [0.4, 0.5) is 5.69 Å². The highest BCUT2D eigenvalue weighted by Crippen LogP contribution is 2.22. The largest absolute Gasteiger partial charge is 0.497 e. The second-order valence-electron chi connectivity index (χ2n) is 5.72. The Morgan fingerprint density at radius 1 is 1.31 bits per heavy atom. The first kappa shape index (κ1) is 18.0. The minimum Gasteiger partial charge on any atom is -0.497 e. The molecule has 1 aromatic carbocycles. The molecule has 0 unspecified atom stereocenters. The Hall–Kier alpha value is -2.80. The summed E-state index contributed by atoms with van der Waals surface area (Å²) in [6.45, 7) is 5.04. The summed E-state index contributed by atoms with van der Waals surface area (Å²) < 4.78 is 12.7. The van der Waals surface area contributed by atoms with Gasteiger partial charge in [-0.15, -0.1) is 11.3 Å². The average Bonchev–Trinajstić information content (AvgIpc) is 3.27. The summed E-state index contributed by atoms with van der Waals surface area (Å²) in [4.78, 5) is 13.1. The molecule has 2 aromatic heterocycles. The van der Waals surface area contributed by atoms with E-state index in [1.807, 2.05) is 55.8 Å². The molecule has 3 aromatic rings. The highest BCUT2D eigenvalue weighted by molar-refractivity contribution is 7.12. The predicted molar refractivity (Wildman–Crippen MR) is 102 cm³/mol. The number of nitrogens with zero attached hydrogens (tertiary/aromatic N) is 2. The monoisotopic (exact) mass is 371 g/mol. The molecule has 0 spiro atoms. The van der Waals surface area contributed by atoms with Gasteiger partial charge in [-0.1, -0.05) is 6.07 Å². The Bertz CT molecular complexity index is 901. The summed E-state index contributed by atoms with van der Waals surface area (Å²) in [7, 11) is 1.62. The number of benzene rings is 1. The maximum atomic E-state index is 12.4. The maximum absolute atomic E-state index is 12.4. The molecule has 0 fully saturated rings. The fraction of sp³-hybridized carbons (Fsp3) is 0.263. The molecule has 0 aliphatic heterocycles. The molecule has 6 nitrogen and oxygen atoms in total. The van der Waals surface area contributed by atoms with Crippen molar-refractivity contribution in [3.8, 4) is 11.5 Å². The average molecular weight is 371 g/mol. The Morgan fingerprint density at radius 2 is 2.12 bits per heavy atom. The summed E-state index contributed by atoms with van der Waals surface area (Å²) in [5, 5.41) is 9.18. The van der Waals surface area contributed by atoms with Crippen LogP contribution in [-0.2, 0) is 13.2 Å². The van der Waals surface area contributed by atoms with Crippen molar-refractivity contribution in [1.82, 2.24) is 9.78 Å². The molecule has 26 heavy (non-hydrogen) atoms. The van der Waals surface area contributed by atoms with Crippen LogP contribution < -0.4 is 14.8 Å². The summed E-state index contributed by atoms with van der Waals surface area (Å²) in [6.07, 6.45) is 1.84. The van der Waals surface area contributed by atoms with E-state index in [1.165, 1.54) is 11.3 Å². The molecule has 0 aliphatic rings. The number of rotatable bonds is 7. The van der Waals surface area contributed by atoms with Gasteiger partial charge >= 0.3 is 0 Å². The molecular weight excluding hydrogens is 350 g/mol. The van der Waals surface area contributed by atoms with Crippen molar-refractivity contribution in [3.63, 3.8) is 0 Å². The van der Waals surface area contributed by atoms with Crippen LogP contribution in [0.2, 0.25) is 0 Å². The molecule has 7 heteroatoms. The van der Waals surface area contributed by atoms with Crippen molar-refractivity contribution in [2.24, 2.45) is 0 Å². The second-order valence-corrected chi connectivity index (χ2v) is 6.64. The number of carbonyl (C=O) groups excluding carboxylic acids is 1. The van der Waals surface area contributed by atoms with E-state index in [1.54, 1.807) is 11.8 Å². The molecule has 0 aliphatic carbocycles. The van der Waals surface area contributed by atoms with Gasteiger partial charge in [0.15, 0.2) is 0 Å². The van der Waals surface area contributed by atoms with Crippen LogP contribution in [0.3, 0.4) is 0 Å². The van der Waals surface area contributed by atoms with Crippen LogP contribution in [0.1, 0.15) is 27.9 Å². The first-order chi connectivity index (χ1) is 12.6. The summed E-state index contributed by atoms with van der Waals surface area (Å²) in [6, 6.07) is 9.28. The van der Waals surface area contributed by atoms with Gasteiger partial charge in [-0.3, -0.25) is 9.48 Å². The number of aryl methyl sites for hydroxylation is 2. The number of nitrogens with one attached hydrogen (secondary N) is 1. The number of hydrogen-bond donors (Lipinski definition) is 1. The smallest absolute Gasteiger partial charge is 0.265 e. The minimum atomic E-state index is -0.138. The molecule has 1 amide bonds. The fourth-order valence-corrected chi connectivity index (χ4v) is 3.21. The van der Waals surface area contributed by atoms with Crippen LogP contribution in [0, 0.1) is 6.92 Å². The molecule has 136 valence electrons. The van der Waals surface area contributed by atoms with Gasteiger partial charge in [-0.2, -0.15) is 5.10 Å². The van der Waals surface area contributed by atoms with E-state index >= 15 is 0 Å². The van der Waals surface area contributed by atoms with Crippen molar-refractivity contribution < 1.29 is 14.3 Å². The fourth-order valence-electron chi connectivity index (χ4n) is 2.41. The number of aromatic nitrogens is 2. The third-order valence-corrected chi connectivity index (χ3v) is 4.82. The Morgan fingerprint density at radius 3 is 2.85 bits per heavy atom. The van der Waals surface area contributed by atoms with E-state index in [0.29, 0.717) is 11.5 Å². The van der Waals surface area contributed by atoms with Crippen molar-refractivity contribution in [1.29, 1.82) is 0 Å². The van der Waals surface area contributed by atoms with Gasteiger partial charge in [0.05, 0.1) is 23.4 Å². The minimum absolute atomic E-state index is 0.138. The lowest BCUT2D eigenvalue weighted by atomic mass is 10.3. The molecule has 0 saturated carbocycles. The van der Waals surface area contributed by atoms with Gasteiger partial charge in [-0.25, -0.2) is 0 Å². The SMILES string of the molecule is CCn1cc(NC(=O)c2cc(COc3cccc(OC)c3)cs2)c(C)n1. The predicted octanol–water partition coefficient (Wildman–Crippen LogP) is 4.11. The van der Waals surface area contributed by atoms with Gasteiger partial charge in [0.2, 0.25) is 0 Å². The molecule has 0 atom stereocenters. The van der Waals surface area contributed by atoms with Crippen LogP contribution in [0.15, 0.2) is 41.9 Å². The van der Waals surface area contributed by atoms with Gasteiger partial charge < -0.3 is 14.8 Å². The van der Waals surface area contributed by atoms with E-state index in [4.69, 9.17) is 9.47 Å². The zero-order chi connectivity index (χ0) is 18.5. The Kier molecular flexibility index (Phi) is 5.58. The Balaban J connectivity index is 1.61. The van der Waals surface area contributed by atoms with E-state index in [2.05, 4.69) is 10.4 Å². The van der Waals surface area contributed by atoms with Crippen LogP contribution >= 0.6 is 11.3 Å². The normalized spacial score (nSPS) is 10.6. The summed E-state index contributed by atoms with van der Waals surface area (Å²) >= 11 is 1.39. The number of carbonyl (C=O) groups is 1. The number of ether oxygens (including phenoxy) is 2. The summed E-state index contributed by atoms with van der Waals surface area (Å²) in [5.41, 5.74) is 2.49. The summed E-state index contributed by atoms with van der Waals surface area (Å²) in [5.74, 6) is 1.33. The molecule has 0 radical (unpaired) electrons. The van der Waals surface area contributed by atoms with Crippen LogP contribution in [-0.4, -0.2) is 22.8 Å². The standard InChI is InChI=1S/C19H21N3O3S/c1-4-22-10-17(13(2)21-22)20-19(23)18-8-14(12-26-18)11-25-16-7-5-6-15(9-16)24-3/h5-10,12H,4,11H2,1-3H3,(H,20,23). The number of hydrogen-bond acceptors (Lipinski definition) is 5. The lowest BCUT2D eigenvalue weighted by Crippen LogP contribution is -2.10. The van der Waals surface area contributed by atoms with Gasteiger partial charge in [0, 0.05) is 24.4 Å². The van der Waals surface area contributed by atoms with E-state index in [-0.39, 0.29) is 5.91 Å². The third kappa shape index (κ3) is 4.23. The zero-order valence-corrected chi connectivity index (χ0v) is 15.8. The van der Waals surface area contributed by atoms with Crippen molar-refractivity contribution >= 4 is 22.9 Å². The van der Waals surface area contributed by atoms with Crippen molar-refractivity contribution in [3.05, 3.63) is 58.0 Å². The third-order valence-electron chi connectivity index (χ3n) is 3.84. The van der Waals surface area contributed by atoms with Gasteiger partial charge in [-0.05, 0) is 37.4 Å². The van der Waals surface area contributed by atoms with Crippen LogP contribution in [0.5, 0.6) is 11.5 Å². The highest BCUT2D eigenvalue weighted by Gasteiger charge is 2.13. The maximum Gasteiger partial charge on any atom is 0.265 e. The van der Waals surface area contributed by atoms with E-state index < -0.39 is 0 Å². The molecule has 3 rings (SSSR count). The quantitative estimate of drug-likeness (QED) is 0.679. The second kappa shape index (κ2) is 8.05. The lowest BCUT2D eigenvalue weighted by Gasteiger charge is -2.06. The number of anilines is 1. The first-order valence-corrected chi connectivity index (χ1v) is 9.16. The van der Waals surface area contributed by atoms with Gasteiger partial charge in [0.1, 0.15) is 18.1 Å². The number of methoxy groups -OCH3 is 1. The highest BCUT2D eigenvalue weighted by atomic mass is 32.1. The Labute approximate surface area is 156 Å². The van der Waals surface area contributed by atoms with Crippen LogP contribution in [0.25, 0.3) is 0 Å². The van der Waals surface area contributed by atoms with Crippen molar-refractivity contribution in [2.45, 2.75) is 27.0 Å². The van der Waals surface area contributed by atoms with Gasteiger partial charge in [0.25, 0.3) is 5.91 Å². The molecule has 0 bridgehead atoms. The van der Waals surface area contributed by atoms with E-state index in [0.717, 1.165) is 35.0 Å². The molecule has 1 N–H and O–H groups in total. The molecule has 0 saturated heterocycles. The molecular formula is C19H21N3O3S. The lowest BCUT2D eigenvalue weighted by molar-refractivity contribution is 0.103. The topological polar surface area (TPSA) is 65.4 Å². The molecule has 2 heterocycles. The van der Waals surface area contributed by atoms with Crippen molar-refractivity contribution in [2.75, 3.05) is 12.4 Å². The zero-order valence-electron chi connectivity index (χ0n) is 15.0. The van der Waals surface area contributed by atoms with E-state index in [9.17, 15) is 4.79 Å². The number of thiophene rings is 1. The first-order valence-electron chi connectivity index (χ1n) is 8.28.